The zero-order valence-corrected chi connectivity index (χ0v) is 9.87. The highest BCUT2D eigenvalue weighted by molar-refractivity contribution is 5.76. The summed E-state index contributed by atoms with van der Waals surface area (Å²) in [6.07, 6.45) is 0.774. The minimum atomic E-state index is -0.724. The molecule has 0 saturated heterocycles. The molecule has 0 unspecified atom stereocenters. The molecule has 0 radical (unpaired) electrons. The first-order chi connectivity index (χ1) is 8.81. The van der Waals surface area contributed by atoms with Crippen LogP contribution in [0.4, 0.5) is 0 Å². The van der Waals surface area contributed by atoms with Crippen LogP contribution < -0.4 is 0 Å². The summed E-state index contributed by atoms with van der Waals surface area (Å²) < 4.78 is 10.3. The van der Waals surface area contributed by atoms with E-state index in [4.69, 9.17) is 9.47 Å². The molecule has 2 aromatic rings. The third-order valence-corrected chi connectivity index (χ3v) is 2.38. The van der Waals surface area contributed by atoms with Crippen molar-refractivity contribution in [2.24, 2.45) is 0 Å². The fourth-order valence-electron chi connectivity index (χ4n) is 1.51. The van der Waals surface area contributed by atoms with E-state index in [0.29, 0.717) is 5.69 Å². The standard InChI is InChI=1S/C12H13N3O3/c1-17-11(9-5-3-2-4-6-9)12(16)18-8-10-7-13-15-14-10/h2-7,11H,8H2,1H3,(H,13,14,15)/t11-/m0/s1. The molecule has 1 atom stereocenters. The number of nitrogens with one attached hydrogen (secondary N) is 1. The van der Waals surface area contributed by atoms with Gasteiger partial charge in [-0.3, -0.25) is 0 Å². The van der Waals surface area contributed by atoms with Gasteiger partial charge in [0.25, 0.3) is 0 Å². The van der Waals surface area contributed by atoms with Gasteiger partial charge in [0, 0.05) is 7.11 Å². The molecule has 1 aromatic heterocycles. The minimum Gasteiger partial charge on any atom is -0.457 e. The minimum absolute atomic E-state index is 0.0715. The number of aromatic amines is 1. The van der Waals surface area contributed by atoms with E-state index in [-0.39, 0.29) is 6.61 Å². The Morgan fingerprint density at radius 2 is 2.17 bits per heavy atom. The lowest BCUT2D eigenvalue weighted by Crippen LogP contribution is -2.17. The first kappa shape index (κ1) is 12.3. The number of esters is 1. The molecular formula is C12H13N3O3. The number of H-pyrrole nitrogens is 1. The van der Waals surface area contributed by atoms with E-state index in [9.17, 15) is 4.79 Å². The normalized spacial score (nSPS) is 12.1. The van der Waals surface area contributed by atoms with Gasteiger partial charge in [0.1, 0.15) is 12.3 Å². The third-order valence-electron chi connectivity index (χ3n) is 2.38. The monoisotopic (exact) mass is 247 g/mol. The number of aromatic nitrogens is 3. The Labute approximate surface area is 104 Å². The summed E-state index contributed by atoms with van der Waals surface area (Å²) >= 11 is 0. The van der Waals surface area contributed by atoms with Crippen molar-refractivity contribution in [3.8, 4) is 0 Å². The molecule has 0 aliphatic rings. The summed E-state index contributed by atoms with van der Waals surface area (Å²) in [5.41, 5.74) is 1.32. The van der Waals surface area contributed by atoms with Gasteiger partial charge in [0.2, 0.25) is 0 Å². The maximum absolute atomic E-state index is 11.9. The Hall–Kier alpha value is -2.21. The second-order valence-corrected chi connectivity index (χ2v) is 3.60. The Morgan fingerprint density at radius 3 is 2.78 bits per heavy atom. The smallest absolute Gasteiger partial charge is 0.340 e. The Balaban J connectivity index is 1.98. The number of ether oxygens (including phenoxy) is 2. The lowest BCUT2D eigenvalue weighted by atomic mass is 10.1. The zero-order chi connectivity index (χ0) is 12.8. The fraction of sp³-hybridized carbons (Fsp3) is 0.250. The van der Waals surface area contributed by atoms with Gasteiger partial charge in [0.05, 0.1) is 6.20 Å². The van der Waals surface area contributed by atoms with Crippen molar-refractivity contribution in [1.29, 1.82) is 0 Å². The molecule has 0 amide bonds. The molecule has 6 nitrogen and oxygen atoms in total. The quantitative estimate of drug-likeness (QED) is 0.804. The number of carbonyl (C=O) groups is 1. The Morgan fingerprint density at radius 1 is 1.39 bits per heavy atom. The van der Waals surface area contributed by atoms with Gasteiger partial charge in [0.15, 0.2) is 6.10 Å². The molecule has 0 aliphatic carbocycles. The van der Waals surface area contributed by atoms with Crippen molar-refractivity contribution in [2.75, 3.05) is 7.11 Å². The molecule has 1 aromatic carbocycles. The van der Waals surface area contributed by atoms with Crippen LogP contribution in [0.2, 0.25) is 0 Å². The number of rotatable bonds is 5. The zero-order valence-electron chi connectivity index (χ0n) is 9.87. The fourth-order valence-corrected chi connectivity index (χ4v) is 1.51. The lowest BCUT2D eigenvalue weighted by molar-refractivity contribution is -0.157. The molecule has 18 heavy (non-hydrogen) atoms. The highest BCUT2D eigenvalue weighted by Gasteiger charge is 2.21. The van der Waals surface area contributed by atoms with Crippen LogP contribution >= 0.6 is 0 Å². The molecule has 1 N–H and O–H groups in total. The number of benzene rings is 1. The lowest BCUT2D eigenvalue weighted by Gasteiger charge is -2.14. The van der Waals surface area contributed by atoms with E-state index < -0.39 is 12.1 Å². The molecule has 0 bridgehead atoms. The van der Waals surface area contributed by atoms with Gasteiger partial charge in [-0.05, 0) is 5.56 Å². The van der Waals surface area contributed by atoms with Crippen molar-refractivity contribution in [2.45, 2.75) is 12.7 Å². The van der Waals surface area contributed by atoms with Crippen LogP contribution in [0.15, 0.2) is 36.5 Å². The summed E-state index contributed by atoms with van der Waals surface area (Å²) in [6.45, 7) is 0.0715. The van der Waals surface area contributed by atoms with Crippen LogP contribution in [0.5, 0.6) is 0 Å². The highest BCUT2D eigenvalue weighted by Crippen LogP contribution is 2.18. The largest absolute Gasteiger partial charge is 0.457 e. The van der Waals surface area contributed by atoms with Crippen LogP contribution in [0.1, 0.15) is 17.4 Å². The number of hydrogen-bond acceptors (Lipinski definition) is 5. The van der Waals surface area contributed by atoms with Crippen molar-refractivity contribution < 1.29 is 14.3 Å². The second kappa shape index (κ2) is 5.92. The highest BCUT2D eigenvalue weighted by atomic mass is 16.6. The van der Waals surface area contributed by atoms with Gasteiger partial charge in [-0.1, -0.05) is 30.3 Å². The van der Waals surface area contributed by atoms with Gasteiger partial charge < -0.3 is 9.47 Å². The van der Waals surface area contributed by atoms with Gasteiger partial charge in [-0.2, -0.15) is 15.4 Å². The van der Waals surface area contributed by atoms with Crippen LogP contribution in [0, 0.1) is 0 Å². The van der Waals surface area contributed by atoms with E-state index in [1.54, 1.807) is 0 Å². The predicted molar refractivity (Wildman–Crippen MR) is 62.4 cm³/mol. The van der Waals surface area contributed by atoms with Gasteiger partial charge in [-0.15, -0.1) is 0 Å². The van der Waals surface area contributed by atoms with Crippen LogP contribution in [0.3, 0.4) is 0 Å². The van der Waals surface area contributed by atoms with Gasteiger partial charge in [-0.25, -0.2) is 4.79 Å². The molecule has 0 saturated carbocycles. The van der Waals surface area contributed by atoms with Crippen molar-refractivity contribution >= 4 is 5.97 Å². The van der Waals surface area contributed by atoms with E-state index >= 15 is 0 Å². The van der Waals surface area contributed by atoms with Crippen LogP contribution in [-0.2, 0) is 20.9 Å². The molecule has 0 fully saturated rings. The summed E-state index contributed by atoms with van der Waals surface area (Å²) in [4.78, 5) is 11.9. The van der Waals surface area contributed by atoms with Crippen molar-refractivity contribution in [3.63, 3.8) is 0 Å². The summed E-state index contributed by atoms with van der Waals surface area (Å²) in [5, 5.41) is 9.86. The van der Waals surface area contributed by atoms with Crippen LogP contribution in [-0.4, -0.2) is 28.5 Å². The summed E-state index contributed by atoms with van der Waals surface area (Å²) in [7, 11) is 1.47. The van der Waals surface area contributed by atoms with E-state index in [1.807, 2.05) is 30.3 Å². The topological polar surface area (TPSA) is 77.1 Å². The number of hydrogen-bond donors (Lipinski definition) is 1. The second-order valence-electron chi connectivity index (χ2n) is 3.60. The first-order valence-electron chi connectivity index (χ1n) is 5.40. The van der Waals surface area contributed by atoms with Crippen molar-refractivity contribution in [1.82, 2.24) is 15.4 Å². The average Bonchev–Trinajstić information content (AvgIpc) is 2.92. The Kier molecular flexibility index (Phi) is 4.03. The summed E-state index contributed by atoms with van der Waals surface area (Å²) in [6, 6.07) is 9.17. The first-order valence-corrected chi connectivity index (χ1v) is 5.40. The average molecular weight is 247 g/mol. The SMILES string of the molecule is CO[C@H](C(=O)OCc1cn[nH]n1)c1ccccc1. The van der Waals surface area contributed by atoms with E-state index in [2.05, 4.69) is 15.4 Å². The maximum Gasteiger partial charge on any atom is 0.340 e. The Bertz CT molecular complexity index is 485. The molecule has 6 heteroatoms. The van der Waals surface area contributed by atoms with Gasteiger partial charge >= 0.3 is 5.97 Å². The number of nitrogens with zero attached hydrogens (tertiary/aromatic N) is 2. The molecule has 0 aliphatic heterocycles. The molecule has 2 rings (SSSR count). The third kappa shape index (κ3) is 2.92. The van der Waals surface area contributed by atoms with Crippen molar-refractivity contribution in [3.05, 3.63) is 47.8 Å². The van der Waals surface area contributed by atoms with E-state index in [0.717, 1.165) is 5.56 Å². The molecule has 1 heterocycles. The number of methoxy groups -OCH3 is 1. The number of carbonyl (C=O) groups excluding carboxylic acids is 1. The van der Waals surface area contributed by atoms with Crippen LogP contribution in [0.25, 0.3) is 0 Å². The molecular weight excluding hydrogens is 234 g/mol. The predicted octanol–water partition coefficient (Wildman–Crippen LogP) is 1.24. The molecule has 94 valence electrons. The summed E-state index contributed by atoms with van der Waals surface area (Å²) in [5.74, 6) is -0.452. The van der Waals surface area contributed by atoms with E-state index in [1.165, 1.54) is 13.3 Å². The maximum atomic E-state index is 11.9. The molecule has 0 spiro atoms.